The third-order valence-corrected chi connectivity index (χ3v) is 10.3. The monoisotopic (exact) mass is 676 g/mol. The predicted octanol–water partition coefficient (Wildman–Crippen LogP) is 4.42. The van der Waals surface area contributed by atoms with Crippen LogP contribution >= 0.6 is 11.9 Å². The number of nitrogens with zero attached hydrogens (tertiary/aromatic N) is 2. The van der Waals surface area contributed by atoms with Gasteiger partial charge in [-0.15, -0.1) is 0 Å². The molecule has 48 heavy (non-hydrogen) atoms. The molecule has 254 valence electrons. The second-order valence-corrected chi connectivity index (χ2v) is 13.7. The number of carbonyl (C=O) groups is 5. The van der Waals surface area contributed by atoms with Gasteiger partial charge in [0.05, 0.1) is 13.7 Å². The first-order valence-corrected chi connectivity index (χ1v) is 17.2. The van der Waals surface area contributed by atoms with Crippen molar-refractivity contribution in [3.63, 3.8) is 0 Å². The number of hydrogen-bond acceptors (Lipinski definition) is 8. The van der Waals surface area contributed by atoms with Crippen molar-refractivity contribution >= 4 is 41.7 Å². The van der Waals surface area contributed by atoms with Gasteiger partial charge in [-0.1, -0.05) is 49.3 Å². The van der Waals surface area contributed by atoms with E-state index in [4.69, 9.17) is 9.47 Å². The molecule has 2 fully saturated rings. The van der Waals surface area contributed by atoms with Crippen LogP contribution in [-0.2, 0) is 32.2 Å². The highest BCUT2D eigenvalue weighted by atomic mass is 32.2. The average Bonchev–Trinajstić information content (AvgIpc) is 3.39. The number of amides is 4. The zero-order valence-corrected chi connectivity index (χ0v) is 27.6. The van der Waals surface area contributed by atoms with E-state index in [1.54, 1.807) is 11.0 Å². The van der Waals surface area contributed by atoms with Crippen LogP contribution in [-0.4, -0.2) is 76.0 Å². The standard InChI is InChI=1S/C35H40N4O8S/c1-46-29-15-14-26(17-27(29)32(42)43)48-37-33(44)35-18-24(35)12-6-4-2-3-5-7-13-30(40)39-21-25(16-28(39)31(41)36-35)47-34(45)38-19-22-10-8-9-11-23(22)20-38/h6,8-12,14-15,17,24-25,28H,2-5,7,13,16,18-21H2,1H3,(H,36,41)(H,37,44)(H,42,43)/b12-6-/t24-,25-,28+,35-/m1/s1. The van der Waals surface area contributed by atoms with E-state index < -0.39 is 41.6 Å². The highest BCUT2D eigenvalue weighted by molar-refractivity contribution is 7.98. The van der Waals surface area contributed by atoms with Gasteiger partial charge in [-0.3, -0.25) is 24.0 Å². The van der Waals surface area contributed by atoms with E-state index in [-0.39, 0.29) is 42.5 Å². The number of nitrogens with one attached hydrogen (secondary N) is 2. The summed E-state index contributed by atoms with van der Waals surface area (Å²) in [5, 5.41) is 12.5. The van der Waals surface area contributed by atoms with Crippen LogP contribution in [0.1, 0.15) is 72.9 Å². The summed E-state index contributed by atoms with van der Waals surface area (Å²) < 4.78 is 13.8. The molecule has 2 aromatic carbocycles. The van der Waals surface area contributed by atoms with Gasteiger partial charge in [-0.25, -0.2) is 9.59 Å². The molecule has 4 amide bonds. The number of carbonyl (C=O) groups excluding carboxylic acids is 4. The van der Waals surface area contributed by atoms with Gasteiger partial charge in [-0.2, -0.15) is 0 Å². The number of methoxy groups -OCH3 is 1. The summed E-state index contributed by atoms with van der Waals surface area (Å²) in [6, 6.07) is 11.5. The van der Waals surface area contributed by atoms with Gasteiger partial charge in [0.1, 0.15) is 29.0 Å². The molecule has 1 saturated heterocycles. The molecule has 1 aliphatic carbocycles. The minimum atomic E-state index is -1.24. The maximum Gasteiger partial charge on any atom is 0.410 e. The van der Waals surface area contributed by atoms with Gasteiger partial charge in [0.2, 0.25) is 11.8 Å². The molecule has 0 aromatic heterocycles. The first-order valence-electron chi connectivity index (χ1n) is 16.4. The van der Waals surface area contributed by atoms with Crippen LogP contribution < -0.4 is 14.8 Å². The number of allylic oxidation sites excluding steroid dienone is 1. The molecule has 0 bridgehead atoms. The molecule has 1 saturated carbocycles. The molecule has 3 aliphatic heterocycles. The van der Waals surface area contributed by atoms with Gasteiger partial charge in [-0.05, 0) is 67.0 Å². The van der Waals surface area contributed by atoms with Crippen molar-refractivity contribution in [2.45, 2.75) is 87.0 Å². The Kier molecular flexibility index (Phi) is 9.95. The van der Waals surface area contributed by atoms with Crippen LogP contribution in [0.5, 0.6) is 5.75 Å². The van der Waals surface area contributed by atoms with Crippen LogP contribution in [0.4, 0.5) is 4.79 Å². The Hall–Kier alpha value is -4.52. The molecule has 12 nitrogen and oxygen atoms in total. The predicted molar refractivity (Wildman–Crippen MR) is 176 cm³/mol. The number of aromatic carboxylic acids is 1. The molecular weight excluding hydrogens is 636 g/mol. The van der Waals surface area contributed by atoms with Crippen molar-refractivity contribution in [2.75, 3.05) is 13.7 Å². The van der Waals surface area contributed by atoms with Crippen molar-refractivity contribution < 1.29 is 38.6 Å². The van der Waals surface area contributed by atoms with E-state index in [2.05, 4.69) is 10.0 Å². The Labute approximate surface area is 283 Å². The molecule has 3 heterocycles. The van der Waals surface area contributed by atoms with Crippen LogP contribution in [0, 0.1) is 5.92 Å². The van der Waals surface area contributed by atoms with Crippen LogP contribution in [0.15, 0.2) is 59.5 Å². The molecule has 3 N–H and O–H groups in total. The molecule has 0 spiro atoms. The minimum Gasteiger partial charge on any atom is -0.496 e. The topological polar surface area (TPSA) is 155 Å². The fraction of sp³-hybridized carbons (Fsp3) is 0.457. The maximum atomic E-state index is 14.0. The summed E-state index contributed by atoms with van der Waals surface area (Å²) in [6.07, 6.45) is 7.97. The second-order valence-electron chi connectivity index (χ2n) is 12.8. The number of hydrogen-bond donors (Lipinski definition) is 3. The molecule has 0 unspecified atom stereocenters. The zero-order valence-electron chi connectivity index (χ0n) is 26.8. The summed E-state index contributed by atoms with van der Waals surface area (Å²) in [4.78, 5) is 69.6. The minimum absolute atomic E-state index is 0.0418. The lowest BCUT2D eigenvalue weighted by Crippen LogP contribution is -2.54. The SMILES string of the molecule is COc1ccc(SNC(=O)[C@@]23C[C@H]2/C=C\CCCCCCC(=O)N2C[C@H](OC(=O)N4Cc5ccccc5C4)C[C@H]2C(=O)N3)cc1C(=O)O. The smallest absolute Gasteiger partial charge is 0.410 e. The number of rotatable bonds is 6. The van der Waals surface area contributed by atoms with Crippen LogP contribution in [0.2, 0.25) is 0 Å². The Morgan fingerprint density at radius 2 is 1.79 bits per heavy atom. The molecule has 6 rings (SSSR count). The molecule has 4 atom stereocenters. The summed E-state index contributed by atoms with van der Waals surface area (Å²) in [7, 11) is 1.38. The van der Waals surface area contributed by atoms with Gasteiger partial charge in [0, 0.05) is 36.7 Å². The van der Waals surface area contributed by atoms with E-state index >= 15 is 0 Å². The number of carboxylic acids is 1. The van der Waals surface area contributed by atoms with Crippen molar-refractivity contribution in [1.29, 1.82) is 0 Å². The molecule has 13 heteroatoms. The van der Waals surface area contributed by atoms with E-state index in [0.29, 0.717) is 30.8 Å². The number of fused-ring (bicyclic) bond motifs is 3. The summed E-state index contributed by atoms with van der Waals surface area (Å²) in [5.74, 6) is -2.30. The van der Waals surface area contributed by atoms with Crippen molar-refractivity contribution in [1.82, 2.24) is 19.8 Å². The quantitative estimate of drug-likeness (QED) is 0.298. The Balaban J connectivity index is 1.17. The lowest BCUT2D eigenvalue weighted by Gasteiger charge is -2.26. The highest BCUT2D eigenvalue weighted by Gasteiger charge is 2.61. The average molecular weight is 677 g/mol. The van der Waals surface area contributed by atoms with Crippen LogP contribution in [0.3, 0.4) is 0 Å². The largest absolute Gasteiger partial charge is 0.496 e. The van der Waals surface area contributed by atoms with Gasteiger partial charge in [0.15, 0.2) is 0 Å². The maximum absolute atomic E-state index is 14.0. The number of benzene rings is 2. The third kappa shape index (κ3) is 7.15. The highest BCUT2D eigenvalue weighted by Crippen LogP contribution is 2.46. The molecule has 0 radical (unpaired) electrons. The second kappa shape index (κ2) is 14.3. The lowest BCUT2D eigenvalue weighted by atomic mass is 10.1. The Bertz CT molecular complexity index is 1610. The van der Waals surface area contributed by atoms with E-state index in [0.717, 1.165) is 48.8 Å². The summed E-state index contributed by atoms with van der Waals surface area (Å²) >= 11 is 0.951. The first kappa shape index (κ1) is 33.4. The molecule has 2 aromatic rings. The van der Waals surface area contributed by atoms with Crippen molar-refractivity contribution in [3.8, 4) is 5.75 Å². The Morgan fingerprint density at radius 3 is 2.52 bits per heavy atom. The van der Waals surface area contributed by atoms with Crippen LogP contribution in [0.25, 0.3) is 0 Å². The van der Waals surface area contributed by atoms with Crippen molar-refractivity contribution in [2.24, 2.45) is 5.92 Å². The fourth-order valence-corrected chi connectivity index (χ4v) is 7.49. The number of carboxylic acid groups (broad SMARTS) is 1. The van der Waals surface area contributed by atoms with E-state index in [1.165, 1.54) is 24.1 Å². The van der Waals surface area contributed by atoms with E-state index in [1.807, 2.05) is 36.4 Å². The van der Waals surface area contributed by atoms with Gasteiger partial charge >= 0.3 is 12.1 Å². The third-order valence-electron chi connectivity index (χ3n) is 9.56. The first-order chi connectivity index (χ1) is 23.2. The lowest BCUT2D eigenvalue weighted by molar-refractivity contribution is -0.139. The van der Waals surface area contributed by atoms with E-state index in [9.17, 15) is 29.1 Å². The number of ether oxygens (including phenoxy) is 2. The summed E-state index contributed by atoms with van der Waals surface area (Å²) in [6.45, 7) is 0.977. The normalized spacial score (nSPS) is 26.1. The fourth-order valence-electron chi connectivity index (χ4n) is 6.78. The van der Waals surface area contributed by atoms with Crippen molar-refractivity contribution in [3.05, 3.63) is 71.3 Å². The summed E-state index contributed by atoms with van der Waals surface area (Å²) in [5.41, 5.74) is 0.840. The zero-order chi connectivity index (χ0) is 33.8. The Morgan fingerprint density at radius 1 is 1.04 bits per heavy atom. The van der Waals surface area contributed by atoms with Gasteiger partial charge < -0.3 is 24.8 Å². The molecule has 4 aliphatic rings. The van der Waals surface area contributed by atoms with Gasteiger partial charge in [0.25, 0.3) is 5.91 Å². The molecular formula is C35H40N4O8S.